The van der Waals surface area contributed by atoms with Crippen LogP contribution < -0.4 is 9.47 Å². The molecule has 0 radical (unpaired) electrons. The number of aromatic nitrogens is 6. The maximum absolute atomic E-state index is 13.4. The van der Waals surface area contributed by atoms with Gasteiger partial charge in [0.15, 0.2) is 27.3 Å². The van der Waals surface area contributed by atoms with Crippen LogP contribution in [0.5, 0.6) is 11.5 Å². The Labute approximate surface area is 220 Å². The van der Waals surface area contributed by atoms with Crippen LogP contribution in [0.3, 0.4) is 0 Å². The van der Waals surface area contributed by atoms with Crippen LogP contribution in [0.1, 0.15) is 24.1 Å². The average Bonchev–Trinajstić information content (AvgIpc) is 3.31. The number of para-hydroxylation sites is 1. The van der Waals surface area contributed by atoms with Gasteiger partial charge in [-0.15, -0.1) is 10.2 Å². The monoisotopic (exact) mass is 566 g/mol. The number of pyridine rings is 1. The molecule has 10 nitrogen and oxygen atoms in total. The lowest BCUT2D eigenvalue weighted by Gasteiger charge is -2.18. The quantitative estimate of drug-likeness (QED) is 0.278. The van der Waals surface area contributed by atoms with E-state index in [1.807, 2.05) is 0 Å². The fourth-order valence-electron chi connectivity index (χ4n) is 3.75. The van der Waals surface area contributed by atoms with E-state index in [1.54, 1.807) is 18.2 Å². The number of rotatable bonds is 9. The van der Waals surface area contributed by atoms with E-state index >= 15 is 0 Å². The molecule has 206 valence electrons. The molecule has 0 saturated heterocycles. The second kappa shape index (κ2) is 10.9. The van der Waals surface area contributed by atoms with E-state index in [1.165, 1.54) is 25.7 Å². The molecular formula is C24H22F4N6O4S. The molecular weight excluding hydrogens is 544 g/mol. The van der Waals surface area contributed by atoms with Crippen LogP contribution >= 0.6 is 0 Å². The fourth-order valence-corrected chi connectivity index (χ4v) is 4.99. The van der Waals surface area contributed by atoms with Crippen molar-refractivity contribution >= 4 is 9.84 Å². The summed E-state index contributed by atoms with van der Waals surface area (Å²) < 4.78 is 92.3. The van der Waals surface area contributed by atoms with Gasteiger partial charge in [0.05, 0.1) is 37.4 Å². The van der Waals surface area contributed by atoms with Crippen molar-refractivity contribution in [1.82, 2.24) is 29.7 Å². The number of methoxy groups -OCH3 is 2. The minimum Gasteiger partial charge on any atom is -0.494 e. The zero-order valence-electron chi connectivity index (χ0n) is 20.8. The van der Waals surface area contributed by atoms with Gasteiger partial charge >= 0.3 is 6.18 Å². The molecule has 4 aromatic rings. The summed E-state index contributed by atoms with van der Waals surface area (Å²) in [6, 6.07) is 5.60. The molecule has 1 atom stereocenters. The van der Waals surface area contributed by atoms with Gasteiger partial charge in [-0.25, -0.2) is 22.8 Å². The third-order valence-corrected chi connectivity index (χ3v) is 7.82. The highest BCUT2D eigenvalue weighted by Gasteiger charge is 2.33. The number of ether oxygens (including phenoxy) is 2. The first-order valence-electron chi connectivity index (χ1n) is 11.3. The van der Waals surface area contributed by atoms with Crippen LogP contribution in [0.4, 0.5) is 17.6 Å². The first kappa shape index (κ1) is 27.9. The summed E-state index contributed by atoms with van der Waals surface area (Å²) in [6.45, 7) is 1.43. The van der Waals surface area contributed by atoms with E-state index < -0.39 is 38.4 Å². The lowest BCUT2D eigenvalue weighted by atomic mass is 10.1. The zero-order valence-corrected chi connectivity index (χ0v) is 21.7. The predicted octanol–water partition coefficient (Wildman–Crippen LogP) is 3.84. The van der Waals surface area contributed by atoms with E-state index in [4.69, 9.17) is 9.47 Å². The molecule has 15 heteroatoms. The first-order chi connectivity index (χ1) is 18.4. The summed E-state index contributed by atoms with van der Waals surface area (Å²) in [7, 11) is -1.23. The van der Waals surface area contributed by atoms with Crippen molar-refractivity contribution < 1.29 is 35.5 Å². The molecule has 0 unspecified atom stereocenters. The Morgan fingerprint density at radius 2 is 1.64 bits per heavy atom. The molecule has 0 N–H and O–H groups in total. The molecule has 0 aliphatic heterocycles. The van der Waals surface area contributed by atoms with Gasteiger partial charge in [-0.05, 0) is 25.1 Å². The minimum absolute atomic E-state index is 0.0679. The van der Waals surface area contributed by atoms with Crippen LogP contribution in [-0.4, -0.2) is 57.6 Å². The fraction of sp³-hybridized carbons (Fsp3) is 0.292. The first-order valence-corrected chi connectivity index (χ1v) is 13.0. The summed E-state index contributed by atoms with van der Waals surface area (Å²) >= 11 is 0. The van der Waals surface area contributed by atoms with E-state index in [-0.39, 0.29) is 46.6 Å². The van der Waals surface area contributed by atoms with E-state index in [9.17, 15) is 26.0 Å². The Hall–Kier alpha value is -4.14. The molecule has 0 spiro atoms. The Balaban J connectivity index is 1.84. The van der Waals surface area contributed by atoms with Crippen molar-refractivity contribution in [3.63, 3.8) is 0 Å². The van der Waals surface area contributed by atoms with E-state index in [0.29, 0.717) is 6.20 Å². The SMILES string of the molecule is COc1cccc(OC)c1-n1c(CS(=O)(=O)[C@H](C)Cc2ncc(F)cn2)nnc1-c1cncc(C(F)(F)F)c1. The van der Waals surface area contributed by atoms with Gasteiger partial charge in [0, 0.05) is 24.4 Å². The van der Waals surface area contributed by atoms with Crippen LogP contribution in [0.2, 0.25) is 0 Å². The van der Waals surface area contributed by atoms with E-state index in [2.05, 4.69) is 25.1 Å². The van der Waals surface area contributed by atoms with Gasteiger partial charge in [-0.3, -0.25) is 9.55 Å². The highest BCUT2D eigenvalue weighted by Crippen LogP contribution is 2.38. The molecule has 3 aromatic heterocycles. The second-order valence-electron chi connectivity index (χ2n) is 8.39. The molecule has 0 aliphatic rings. The second-order valence-corrected chi connectivity index (χ2v) is 10.8. The number of halogens is 4. The molecule has 0 aliphatic carbocycles. The molecule has 3 heterocycles. The molecule has 0 amide bonds. The molecule has 0 saturated carbocycles. The van der Waals surface area contributed by atoms with Gasteiger partial charge in [0.25, 0.3) is 0 Å². The summed E-state index contributed by atoms with van der Waals surface area (Å²) in [5, 5.41) is 7.05. The standard InChI is InChI=1S/C24H22F4N6O4S/c1-14(7-20-30-11-17(25)12-31-20)39(35,36)13-21-32-33-23(15-8-16(10-29-9-15)24(26,27)28)34(21)22-18(37-2)5-4-6-19(22)38-3/h4-6,8-12,14H,7,13H2,1-3H3/t14-/m1/s1. The van der Waals surface area contributed by atoms with Crippen molar-refractivity contribution in [2.45, 2.75) is 30.5 Å². The Kier molecular flexibility index (Phi) is 7.81. The number of sulfone groups is 1. The predicted molar refractivity (Wildman–Crippen MR) is 130 cm³/mol. The van der Waals surface area contributed by atoms with Gasteiger partial charge < -0.3 is 9.47 Å². The van der Waals surface area contributed by atoms with Crippen LogP contribution in [0, 0.1) is 5.82 Å². The Morgan fingerprint density at radius 1 is 1.00 bits per heavy atom. The van der Waals surface area contributed by atoms with Crippen LogP contribution in [0.25, 0.3) is 17.1 Å². The topological polar surface area (TPSA) is 122 Å². The van der Waals surface area contributed by atoms with Gasteiger partial charge in [0.2, 0.25) is 0 Å². The minimum atomic E-state index is -4.68. The summed E-state index contributed by atoms with van der Waals surface area (Å²) in [5.74, 6) is -0.979. The summed E-state index contributed by atoms with van der Waals surface area (Å²) in [5.41, 5.74) is -0.912. The summed E-state index contributed by atoms with van der Waals surface area (Å²) in [6.07, 6.45) is -1.11. The Bertz CT molecular complexity index is 1550. The molecule has 4 rings (SSSR count). The number of hydrogen-bond donors (Lipinski definition) is 0. The zero-order chi connectivity index (χ0) is 28.4. The number of alkyl halides is 3. The third kappa shape index (κ3) is 5.97. The van der Waals surface area contributed by atoms with E-state index in [0.717, 1.165) is 24.7 Å². The number of hydrogen-bond acceptors (Lipinski definition) is 9. The molecule has 0 fully saturated rings. The van der Waals surface area contributed by atoms with Gasteiger partial charge in [-0.1, -0.05) is 6.07 Å². The van der Waals surface area contributed by atoms with Crippen LogP contribution in [0.15, 0.2) is 49.1 Å². The van der Waals surface area contributed by atoms with Crippen molar-refractivity contribution in [1.29, 1.82) is 0 Å². The maximum Gasteiger partial charge on any atom is 0.417 e. The van der Waals surface area contributed by atoms with Crippen molar-refractivity contribution in [2.75, 3.05) is 14.2 Å². The maximum atomic E-state index is 13.4. The highest BCUT2D eigenvalue weighted by molar-refractivity contribution is 7.91. The Morgan fingerprint density at radius 3 is 2.23 bits per heavy atom. The number of nitrogens with zero attached hydrogens (tertiary/aromatic N) is 6. The third-order valence-electron chi connectivity index (χ3n) is 5.77. The smallest absolute Gasteiger partial charge is 0.417 e. The average molecular weight is 567 g/mol. The lowest BCUT2D eigenvalue weighted by molar-refractivity contribution is -0.137. The lowest BCUT2D eigenvalue weighted by Crippen LogP contribution is -2.24. The largest absolute Gasteiger partial charge is 0.494 e. The van der Waals surface area contributed by atoms with Crippen molar-refractivity contribution in [3.8, 4) is 28.6 Å². The highest BCUT2D eigenvalue weighted by atomic mass is 32.2. The molecule has 39 heavy (non-hydrogen) atoms. The van der Waals surface area contributed by atoms with Gasteiger partial charge in [0.1, 0.15) is 28.8 Å². The van der Waals surface area contributed by atoms with Crippen LogP contribution in [-0.2, 0) is 28.2 Å². The molecule has 0 bridgehead atoms. The normalized spacial score (nSPS) is 12.8. The van der Waals surface area contributed by atoms with Gasteiger partial charge in [-0.2, -0.15) is 13.2 Å². The summed E-state index contributed by atoms with van der Waals surface area (Å²) in [4.78, 5) is 11.3. The number of benzene rings is 1. The van der Waals surface area contributed by atoms with Crippen molar-refractivity contribution in [3.05, 3.63) is 72.1 Å². The molecule has 1 aromatic carbocycles. The van der Waals surface area contributed by atoms with Crippen molar-refractivity contribution in [2.24, 2.45) is 0 Å².